The topological polar surface area (TPSA) is 92.6 Å². The molecule has 0 N–H and O–H groups in total. The third-order valence-electron chi connectivity index (χ3n) is 6.64. The molecule has 0 radical (unpaired) electrons. The summed E-state index contributed by atoms with van der Waals surface area (Å²) >= 11 is 0. The lowest BCUT2D eigenvalue weighted by molar-refractivity contribution is 0.0588. The molecule has 8 nitrogen and oxygen atoms in total. The average molecular weight is 467 g/mol. The van der Waals surface area contributed by atoms with Gasteiger partial charge in [0.25, 0.3) is 11.5 Å². The Bertz CT molecular complexity index is 1370. The second-order valence-electron chi connectivity index (χ2n) is 8.75. The van der Waals surface area contributed by atoms with Crippen LogP contribution in [0, 0.1) is 6.92 Å². The zero-order valence-electron chi connectivity index (χ0n) is 18.5. The molecule has 33 heavy (non-hydrogen) atoms. The molecule has 3 aromatic rings. The highest BCUT2D eigenvalue weighted by Gasteiger charge is 2.34. The first-order valence-corrected chi connectivity index (χ1v) is 13.0. The second-order valence-corrected chi connectivity index (χ2v) is 11.0. The maximum absolute atomic E-state index is 13.0. The minimum Gasteiger partial charge on any atom is -0.336 e. The van der Waals surface area contributed by atoms with E-state index in [1.807, 2.05) is 23.1 Å². The van der Waals surface area contributed by atoms with Crippen molar-refractivity contribution in [1.82, 2.24) is 19.4 Å². The Balaban J connectivity index is 1.30. The van der Waals surface area contributed by atoms with Gasteiger partial charge in [0, 0.05) is 37.8 Å². The molecule has 0 spiro atoms. The number of nitrogens with zero attached hydrogens (tertiary/aromatic N) is 4. The predicted octanol–water partition coefficient (Wildman–Crippen LogP) is 1.64. The average Bonchev–Trinajstić information content (AvgIpc) is 3.19. The van der Waals surface area contributed by atoms with Crippen molar-refractivity contribution >= 4 is 26.6 Å². The maximum atomic E-state index is 13.0. The van der Waals surface area contributed by atoms with Gasteiger partial charge >= 0.3 is 0 Å². The fourth-order valence-corrected chi connectivity index (χ4v) is 6.60. The largest absolute Gasteiger partial charge is 0.336 e. The Morgan fingerprint density at radius 3 is 2.36 bits per heavy atom. The van der Waals surface area contributed by atoms with Gasteiger partial charge in [0.15, 0.2) is 9.84 Å². The number of amides is 1. The van der Waals surface area contributed by atoms with E-state index in [2.05, 4.69) is 9.88 Å². The van der Waals surface area contributed by atoms with Crippen LogP contribution in [0.5, 0.6) is 0 Å². The van der Waals surface area contributed by atoms with Gasteiger partial charge < -0.3 is 4.90 Å². The number of rotatable bonds is 3. The van der Waals surface area contributed by atoms with Crippen LogP contribution in [0.25, 0.3) is 16.6 Å². The number of benzene rings is 2. The number of hydrogen-bond donors (Lipinski definition) is 0. The quantitative estimate of drug-likeness (QED) is 0.583. The number of piperazine rings is 1. The van der Waals surface area contributed by atoms with E-state index in [1.54, 1.807) is 41.8 Å². The van der Waals surface area contributed by atoms with E-state index in [-0.39, 0.29) is 29.0 Å². The van der Waals surface area contributed by atoms with Crippen molar-refractivity contribution in [3.63, 3.8) is 0 Å². The van der Waals surface area contributed by atoms with E-state index in [0.29, 0.717) is 60.6 Å². The third kappa shape index (κ3) is 4.18. The summed E-state index contributed by atoms with van der Waals surface area (Å²) in [6, 6.07) is 14.4. The molecule has 2 aliphatic rings. The van der Waals surface area contributed by atoms with Crippen LogP contribution >= 0.6 is 0 Å². The van der Waals surface area contributed by atoms with E-state index < -0.39 is 9.84 Å². The van der Waals surface area contributed by atoms with E-state index in [9.17, 15) is 18.0 Å². The predicted molar refractivity (Wildman–Crippen MR) is 127 cm³/mol. The monoisotopic (exact) mass is 466 g/mol. The van der Waals surface area contributed by atoms with Crippen LogP contribution < -0.4 is 5.56 Å². The second kappa shape index (κ2) is 8.39. The smallest absolute Gasteiger partial charge is 0.265 e. The maximum Gasteiger partial charge on any atom is 0.265 e. The van der Waals surface area contributed by atoms with Crippen LogP contribution in [-0.4, -0.2) is 77.4 Å². The third-order valence-corrected chi connectivity index (χ3v) is 8.39. The standard InChI is InChI=1S/C24H26N4O4S/c1-17-25-22-5-3-2-4-21(22)24(30)28(17)19-8-6-18(7-9-19)23(29)27-13-11-26(12-14-27)20-10-15-33(31,32)16-20/h2-9,20H,10-16H2,1H3. The first-order chi connectivity index (χ1) is 15.8. The Morgan fingerprint density at radius 2 is 1.70 bits per heavy atom. The normalized spacial score (nSPS) is 20.9. The van der Waals surface area contributed by atoms with E-state index in [4.69, 9.17) is 0 Å². The van der Waals surface area contributed by atoms with Crippen molar-refractivity contribution in [1.29, 1.82) is 0 Å². The summed E-state index contributed by atoms with van der Waals surface area (Å²) in [6.07, 6.45) is 0.681. The molecule has 172 valence electrons. The van der Waals surface area contributed by atoms with Crippen LogP contribution in [0.15, 0.2) is 53.3 Å². The van der Waals surface area contributed by atoms with Gasteiger partial charge in [-0.25, -0.2) is 13.4 Å². The molecule has 9 heteroatoms. The van der Waals surface area contributed by atoms with E-state index >= 15 is 0 Å². The van der Waals surface area contributed by atoms with E-state index in [0.717, 1.165) is 0 Å². The Morgan fingerprint density at radius 1 is 1.00 bits per heavy atom. The number of aromatic nitrogens is 2. The number of carbonyl (C=O) groups is 1. The Hall–Kier alpha value is -3.04. The molecule has 5 rings (SSSR count). The van der Waals surface area contributed by atoms with Crippen molar-refractivity contribution in [2.24, 2.45) is 0 Å². The minimum absolute atomic E-state index is 0.0547. The molecule has 0 saturated carbocycles. The first-order valence-electron chi connectivity index (χ1n) is 11.1. The lowest BCUT2D eigenvalue weighted by Gasteiger charge is -2.37. The summed E-state index contributed by atoms with van der Waals surface area (Å²) in [4.78, 5) is 34.6. The van der Waals surface area contributed by atoms with Gasteiger partial charge in [-0.2, -0.15) is 0 Å². The van der Waals surface area contributed by atoms with Crippen molar-refractivity contribution in [2.75, 3.05) is 37.7 Å². The van der Waals surface area contributed by atoms with Gasteiger partial charge in [-0.3, -0.25) is 19.1 Å². The number of carbonyl (C=O) groups excluding carboxylic acids is 1. The van der Waals surface area contributed by atoms with Crippen molar-refractivity contribution in [2.45, 2.75) is 19.4 Å². The highest BCUT2D eigenvalue weighted by Crippen LogP contribution is 2.20. The molecule has 1 atom stereocenters. The van der Waals surface area contributed by atoms with Crippen LogP contribution in [0.1, 0.15) is 22.6 Å². The number of sulfone groups is 1. The van der Waals surface area contributed by atoms with Crippen LogP contribution in [-0.2, 0) is 9.84 Å². The lowest BCUT2D eigenvalue weighted by Crippen LogP contribution is -2.52. The van der Waals surface area contributed by atoms with Crippen LogP contribution in [0.2, 0.25) is 0 Å². The van der Waals surface area contributed by atoms with Gasteiger partial charge in [-0.05, 0) is 49.7 Å². The summed E-state index contributed by atoms with van der Waals surface area (Å²) in [5, 5.41) is 0.552. The molecule has 0 aliphatic carbocycles. The molecular formula is C24H26N4O4S. The van der Waals surface area contributed by atoms with Crippen molar-refractivity contribution < 1.29 is 13.2 Å². The molecule has 2 aromatic carbocycles. The zero-order chi connectivity index (χ0) is 23.2. The summed E-state index contributed by atoms with van der Waals surface area (Å²) < 4.78 is 25.1. The van der Waals surface area contributed by atoms with Gasteiger partial charge in [-0.15, -0.1) is 0 Å². The van der Waals surface area contributed by atoms with Crippen molar-refractivity contribution in [3.8, 4) is 5.69 Å². The van der Waals surface area contributed by atoms with Gasteiger partial charge in [0.1, 0.15) is 5.82 Å². The van der Waals surface area contributed by atoms with Crippen molar-refractivity contribution in [3.05, 3.63) is 70.3 Å². The molecular weight excluding hydrogens is 440 g/mol. The number of fused-ring (bicyclic) bond motifs is 1. The van der Waals surface area contributed by atoms with Gasteiger partial charge in [-0.1, -0.05) is 12.1 Å². The fourth-order valence-electron chi connectivity index (χ4n) is 4.84. The lowest BCUT2D eigenvalue weighted by atomic mass is 10.1. The number of aryl methyl sites for hydroxylation is 1. The Kier molecular flexibility index (Phi) is 5.54. The molecule has 1 amide bonds. The first kappa shape index (κ1) is 21.8. The van der Waals surface area contributed by atoms with E-state index in [1.165, 1.54) is 0 Å². The number of para-hydroxylation sites is 1. The SMILES string of the molecule is Cc1nc2ccccc2c(=O)n1-c1ccc(C(=O)N2CCN(C3CCS(=O)(=O)C3)CC2)cc1. The summed E-state index contributed by atoms with van der Waals surface area (Å²) in [7, 11) is -2.91. The summed E-state index contributed by atoms with van der Waals surface area (Å²) in [5.41, 5.74) is 1.76. The minimum atomic E-state index is -2.91. The molecule has 1 aromatic heterocycles. The Labute approximate surface area is 192 Å². The molecule has 2 aliphatic heterocycles. The highest BCUT2D eigenvalue weighted by molar-refractivity contribution is 7.91. The van der Waals surface area contributed by atoms with Crippen LogP contribution in [0.4, 0.5) is 0 Å². The highest BCUT2D eigenvalue weighted by atomic mass is 32.2. The zero-order valence-corrected chi connectivity index (χ0v) is 19.3. The van der Waals surface area contributed by atoms with Gasteiger partial charge in [0.2, 0.25) is 0 Å². The van der Waals surface area contributed by atoms with Gasteiger partial charge in [0.05, 0.1) is 28.1 Å². The molecule has 1 unspecified atom stereocenters. The summed E-state index contributed by atoms with van der Waals surface area (Å²) in [6.45, 7) is 4.30. The molecule has 2 saturated heterocycles. The molecule has 2 fully saturated rings. The summed E-state index contributed by atoms with van der Waals surface area (Å²) in [5.74, 6) is 1.02. The molecule has 0 bridgehead atoms. The fraction of sp³-hybridized carbons (Fsp3) is 0.375. The number of hydrogen-bond acceptors (Lipinski definition) is 6. The molecule has 3 heterocycles. The van der Waals surface area contributed by atoms with Crippen LogP contribution in [0.3, 0.4) is 0 Å².